The van der Waals surface area contributed by atoms with Crippen molar-refractivity contribution in [1.29, 1.82) is 0 Å². The zero-order chi connectivity index (χ0) is 49.2. The fourth-order valence-corrected chi connectivity index (χ4v) is 10.9. The van der Waals surface area contributed by atoms with Crippen molar-refractivity contribution in [3.63, 3.8) is 0 Å². The number of ketones is 1. The molecule has 0 bridgehead atoms. The van der Waals surface area contributed by atoms with Crippen molar-refractivity contribution in [2.75, 3.05) is 13.2 Å². The van der Waals surface area contributed by atoms with Gasteiger partial charge in [0, 0.05) is 25.7 Å². The number of ether oxygens (including phenoxy) is 3. The van der Waals surface area contributed by atoms with Crippen molar-refractivity contribution < 1.29 is 47.6 Å². The Balaban J connectivity index is 0.000000702. The van der Waals surface area contributed by atoms with Crippen molar-refractivity contribution in [3.8, 4) is 0 Å². The van der Waals surface area contributed by atoms with E-state index >= 15 is 0 Å². The molecule has 4 saturated carbocycles. The third-order valence-corrected chi connectivity index (χ3v) is 15.1. The maximum atomic E-state index is 12.6. The third-order valence-electron chi connectivity index (χ3n) is 15.1. The zero-order valence-corrected chi connectivity index (χ0v) is 44.9. The van der Waals surface area contributed by atoms with E-state index in [1.165, 1.54) is 154 Å². The van der Waals surface area contributed by atoms with Crippen LogP contribution in [0.2, 0.25) is 0 Å². The van der Waals surface area contributed by atoms with Gasteiger partial charge >= 0.3 is 17.9 Å². The quantitative estimate of drug-likeness (QED) is 0.0308. The van der Waals surface area contributed by atoms with Crippen molar-refractivity contribution in [3.05, 3.63) is 0 Å². The molecule has 0 aromatic heterocycles. The van der Waals surface area contributed by atoms with Gasteiger partial charge < -0.3 is 24.1 Å². The van der Waals surface area contributed by atoms with Crippen LogP contribution < -0.4 is 0 Å². The van der Waals surface area contributed by atoms with E-state index in [1.54, 1.807) is 25.2 Å². The predicted molar refractivity (Wildman–Crippen MR) is 274 cm³/mol. The molecule has 0 radical (unpaired) electrons. The molecule has 0 aromatic carbocycles. The fraction of sp³-hybridized carbons (Fsp3) is 0.927. The first-order valence-corrected chi connectivity index (χ1v) is 28.6. The molecular formula is C55H100O10P2. The zero-order valence-electron chi connectivity index (χ0n) is 42.9. The Hall–Kier alpha value is -1.76. The second-order valence-corrected chi connectivity index (χ2v) is 21.1. The molecule has 0 amide bonds. The topological polar surface area (TPSA) is 150 Å². The summed E-state index contributed by atoms with van der Waals surface area (Å²) in [7, 11) is 3.44. The molecule has 0 aliphatic heterocycles. The van der Waals surface area contributed by atoms with Crippen LogP contribution in [0, 0.1) is 29.6 Å². The average molecular weight is 983 g/mol. The Morgan fingerprint density at radius 3 is 1.27 bits per heavy atom. The predicted octanol–water partition coefficient (Wildman–Crippen LogP) is 15.6. The largest absolute Gasteiger partial charge is 0.465 e. The maximum absolute atomic E-state index is 12.6. The van der Waals surface area contributed by atoms with E-state index in [-0.39, 0.29) is 42.5 Å². The molecule has 67 heavy (non-hydrogen) atoms. The molecular weight excluding hydrogens is 883 g/mol. The monoisotopic (exact) mass is 983 g/mol. The number of esters is 3. The minimum atomic E-state index is -0.348. The van der Waals surface area contributed by atoms with Gasteiger partial charge in [0.05, 0.1) is 12.7 Å². The standard InChI is InChI=1S/C34H60O6.C21H38O2.2HOP/c1-28(35)15-6-2-11-21-31(36)22-12-5-13-24-34(38)40-32(23-14-20-29-16-7-3-8-17-29)27-39-33(37)26-25-30-18-9-4-10-19-30;1-18(9-8-14-19-10-4-2-5-11-19)17-23-21(22)16-15-20-12-6-3-7-13-20;2*1-2/h29-32,36H,2-27H2,1H3;18-20H,2-17H2,1H3;2*2H. The number of carbonyl (C=O) groups is 4. The summed E-state index contributed by atoms with van der Waals surface area (Å²) in [6.45, 7) is 4.67. The normalized spacial score (nSPS) is 18.6. The summed E-state index contributed by atoms with van der Waals surface area (Å²) in [6.07, 6.45) is 44.2. The first-order chi connectivity index (χ1) is 32.7. The highest BCUT2D eigenvalue weighted by Crippen LogP contribution is 2.31. The molecule has 4 rings (SSSR count). The van der Waals surface area contributed by atoms with Gasteiger partial charge in [0.2, 0.25) is 0 Å². The lowest BCUT2D eigenvalue weighted by atomic mass is 9.85. The van der Waals surface area contributed by atoms with Gasteiger partial charge in [0.1, 0.15) is 36.7 Å². The average Bonchev–Trinajstić information content (AvgIpc) is 3.36. The Kier molecular flexibility index (Phi) is 41.7. The van der Waals surface area contributed by atoms with Crippen LogP contribution in [0.3, 0.4) is 0 Å². The number of rotatable bonds is 31. The van der Waals surface area contributed by atoms with Gasteiger partial charge in [-0.1, -0.05) is 180 Å². The van der Waals surface area contributed by atoms with Gasteiger partial charge in [-0.15, -0.1) is 0 Å². The number of aliphatic hydroxyl groups excluding tert-OH is 1. The number of Topliss-reactive ketones (excluding diaryl/α,β-unsaturated/α-hetero) is 1. The van der Waals surface area contributed by atoms with Gasteiger partial charge in [0.25, 0.3) is 0 Å². The van der Waals surface area contributed by atoms with Crippen LogP contribution in [0.15, 0.2) is 0 Å². The Morgan fingerprint density at radius 2 is 0.836 bits per heavy atom. The number of aliphatic hydroxyl groups is 1. The first kappa shape index (κ1) is 63.3. The number of hydrogen-bond acceptors (Lipinski definition) is 10. The molecule has 0 heterocycles. The van der Waals surface area contributed by atoms with Crippen LogP contribution in [-0.2, 0) is 42.5 Å². The van der Waals surface area contributed by atoms with Crippen molar-refractivity contribution >= 4 is 41.9 Å². The lowest BCUT2D eigenvalue weighted by Gasteiger charge is -2.23. The summed E-state index contributed by atoms with van der Waals surface area (Å²) in [6, 6.07) is 0. The van der Waals surface area contributed by atoms with E-state index in [0.29, 0.717) is 44.1 Å². The van der Waals surface area contributed by atoms with Crippen LogP contribution in [0.25, 0.3) is 0 Å². The molecule has 0 aromatic rings. The van der Waals surface area contributed by atoms with Crippen LogP contribution in [0.5, 0.6) is 0 Å². The lowest BCUT2D eigenvalue weighted by Crippen LogP contribution is -2.26. The van der Waals surface area contributed by atoms with Gasteiger partial charge in [0.15, 0.2) is 0 Å². The third kappa shape index (κ3) is 36.8. The molecule has 10 nitrogen and oxygen atoms in total. The highest BCUT2D eigenvalue weighted by atomic mass is 31.0. The molecule has 4 aliphatic carbocycles. The second kappa shape index (κ2) is 44.2. The highest BCUT2D eigenvalue weighted by Gasteiger charge is 2.22. The second-order valence-electron chi connectivity index (χ2n) is 21.1. The molecule has 4 aliphatic rings. The number of carbonyl (C=O) groups excluding carboxylic acids is 4. The molecule has 3 unspecified atom stereocenters. The minimum Gasteiger partial charge on any atom is -0.465 e. The first-order valence-electron chi connectivity index (χ1n) is 27.7. The Bertz CT molecular complexity index is 1210. The Labute approximate surface area is 413 Å². The molecule has 390 valence electrons. The van der Waals surface area contributed by atoms with Crippen LogP contribution in [-0.4, -0.2) is 54.2 Å². The van der Waals surface area contributed by atoms with Crippen molar-refractivity contribution in [2.45, 2.75) is 283 Å². The van der Waals surface area contributed by atoms with Crippen LogP contribution >= 0.6 is 18.2 Å². The summed E-state index contributed by atoms with van der Waals surface area (Å²) < 4.78 is 33.0. The molecule has 4 fully saturated rings. The summed E-state index contributed by atoms with van der Waals surface area (Å²) in [5.74, 6) is 3.65. The van der Waals surface area contributed by atoms with E-state index in [2.05, 4.69) is 6.92 Å². The van der Waals surface area contributed by atoms with Crippen LogP contribution in [0.4, 0.5) is 0 Å². The smallest absolute Gasteiger partial charge is 0.306 e. The van der Waals surface area contributed by atoms with Gasteiger partial charge in [-0.2, -0.15) is 0 Å². The Morgan fingerprint density at radius 1 is 0.448 bits per heavy atom. The summed E-state index contributed by atoms with van der Waals surface area (Å²) in [5.41, 5.74) is 0. The summed E-state index contributed by atoms with van der Waals surface area (Å²) in [5, 5.41) is 10.2. The van der Waals surface area contributed by atoms with E-state index in [1.807, 2.05) is 0 Å². The summed E-state index contributed by atoms with van der Waals surface area (Å²) in [4.78, 5) is 47.9. The van der Waals surface area contributed by atoms with E-state index < -0.39 is 0 Å². The van der Waals surface area contributed by atoms with Crippen molar-refractivity contribution in [2.24, 2.45) is 29.6 Å². The van der Waals surface area contributed by atoms with Crippen molar-refractivity contribution in [1.82, 2.24) is 0 Å². The SMILES string of the molecule is CC(=O)CCCCCC(O)CCCCCC(=O)OC(CCCC1CCCCC1)COC(=O)CCC1CCCCC1.CC(CCCC1CCCCC1)COC(=O)CCC1CCCCC1.O=P.O=P. The molecule has 3 atom stereocenters. The number of unbranched alkanes of at least 4 members (excludes halogenated alkanes) is 4. The minimum absolute atomic E-state index is 0.0368. The highest BCUT2D eigenvalue weighted by molar-refractivity contribution is 7.00. The number of hydrogen-bond donors (Lipinski definition) is 1. The molecule has 12 heteroatoms. The van der Waals surface area contributed by atoms with Gasteiger partial charge in [-0.05, 0) is 94.3 Å². The van der Waals surface area contributed by atoms with Gasteiger partial charge in [-0.3, -0.25) is 23.5 Å². The van der Waals surface area contributed by atoms with Crippen LogP contribution in [0.1, 0.15) is 271 Å². The van der Waals surface area contributed by atoms with E-state index in [0.717, 1.165) is 94.8 Å². The fourth-order valence-electron chi connectivity index (χ4n) is 10.9. The molecule has 0 saturated heterocycles. The lowest BCUT2D eigenvalue weighted by molar-refractivity contribution is -0.159. The van der Waals surface area contributed by atoms with E-state index in [9.17, 15) is 24.3 Å². The van der Waals surface area contributed by atoms with Gasteiger partial charge in [-0.25, -0.2) is 0 Å². The maximum Gasteiger partial charge on any atom is 0.306 e. The molecule has 0 spiro atoms. The van der Waals surface area contributed by atoms with E-state index in [4.69, 9.17) is 23.3 Å². The molecule has 1 N–H and O–H groups in total. The summed E-state index contributed by atoms with van der Waals surface area (Å²) >= 11 is 0.